The summed E-state index contributed by atoms with van der Waals surface area (Å²) in [6, 6.07) is -0.228. The van der Waals surface area contributed by atoms with Crippen LogP contribution >= 0.6 is 0 Å². The minimum Gasteiger partial charge on any atom is -0.468 e. The lowest BCUT2D eigenvalue weighted by atomic mass is 10.3. The topological polar surface area (TPSA) is 67.9 Å². The van der Waals surface area contributed by atoms with E-state index in [-0.39, 0.29) is 18.1 Å². The first-order chi connectivity index (χ1) is 7.58. The fourth-order valence-electron chi connectivity index (χ4n) is 1.80. The number of nitrogens with one attached hydrogen (secondary N) is 1. The average Bonchev–Trinajstić information content (AvgIpc) is 2.75. The molecule has 0 spiro atoms. The molecule has 92 valence electrons. The van der Waals surface area contributed by atoms with Gasteiger partial charge >= 0.3 is 12.1 Å². The van der Waals surface area contributed by atoms with Crippen LogP contribution in [-0.4, -0.2) is 56.4 Å². The first-order valence-corrected chi connectivity index (χ1v) is 5.24. The van der Waals surface area contributed by atoms with E-state index in [1.807, 2.05) is 4.90 Å². The van der Waals surface area contributed by atoms with Gasteiger partial charge in [-0.15, -0.1) is 0 Å². The van der Waals surface area contributed by atoms with E-state index in [1.165, 1.54) is 14.2 Å². The molecule has 2 unspecified atom stereocenters. The number of amides is 1. The Morgan fingerprint density at radius 3 is 2.62 bits per heavy atom. The molecule has 1 heterocycles. The lowest BCUT2D eigenvalue weighted by Gasteiger charge is -2.21. The maximum Gasteiger partial charge on any atom is 0.407 e. The zero-order valence-corrected chi connectivity index (χ0v) is 9.86. The molecule has 1 aliphatic rings. The highest BCUT2D eigenvalue weighted by Gasteiger charge is 2.30. The zero-order valence-electron chi connectivity index (χ0n) is 9.86. The van der Waals surface area contributed by atoms with Crippen molar-refractivity contribution in [1.82, 2.24) is 10.2 Å². The van der Waals surface area contributed by atoms with Gasteiger partial charge in [0, 0.05) is 19.1 Å². The van der Waals surface area contributed by atoms with Gasteiger partial charge in [0.2, 0.25) is 0 Å². The second-order valence-corrected chi connectivity index (χ2v) is 3.82. The van der Waals surface area contributed by atoms with E-state index in [4.69, 9.17) is 0 Å². The maximum absolute atomic E-state index is 11.3. The first-order valence-electron chi connectivity index (χ1n) is 5.24. The number of alkyl carbamates (subject to hydrolysis) is 1. The number of ether oxygens (including phenoxy) is 2. The summed E-state index contributed by atoms with van der Waals surface area (Å²) in [5.74, 6) is -0.251. The highest BCUT2D eigenvalue weighted by molar-refractivity contribution is 5.75. The number of rotatable bonds is 3. The van der Waals surface area contributed by atoms with Crippen LogP contribution in [0.2, 0.25) is 0 Å². The number of likely N-dealkylation sites (tertiary alicyclic amines) is 1. The molecule has 0 saturated carbocycles. The predicted molar refractivity (Wildman–Crippen MR) is 57.0 cm³/mol. The molecular weight excluding hydrogens is 212 g/mol. The van der Waals surface area contributed by atoms with Crippen LogP contribution in [0, 0.1) is 0 Å². The molecule has 1 rings (SSSR count). The third kappa shape index (κ3) is 3.10. The molecule has 1 fully saturated rings. The van der Waals surface area contributed by atoms with E-state index in [2.05, 4.69) is 14.8 Å². The standard InChI is InChI=1S/C10H18N2O4/c1-7(9(13)15-2)12-5-4-8(6-12)11-10(14)16-3/h7-8H,4-6H2,1-3H3,(H,11,14). The SMILES string of the molecule is COC(=O)NC1CCN(C(C)C(=O)OC)C1. The van der Waals surface area contributed by atoms with Crippen molar-refractivity contribution in [2.75, 3.05) is 27.3 Å². The normalized spacial score (nSPS) is 22.6. The maximum atomic E-state index is 11.3. The van der Waals surface area contributed by atoms with E-state index < -0.39 is 6.09 Å². The van der Waals surface area contributed by atoms with Gasteiger partial charge in [0.05, 0.1) is 14.2 Å². The third-order valence-corrected chi connectivity index (χ3v) is 2.82. The van der Waals surface area contributed by atoms with Gasteiger partial charge in [-0.05, 0) is 13.3 Å². The summed E-state index contributed by atoms with van der Waals surface area (Å²) >= 11 is 0. The largest absolute Gasteiger partial charge is 0.468 e. The summed E-state index contributed by atoms with van der Waals surface area (Å²) in [5, 5.41) is 2.72. The number of esters is 1. The van der Waals surface area contributed by atoms with Crippen LogP contribution in [0.1, 0.15) is 13.3 Å². The van der Waals surface area contributed by atoms with Crippen LogP contribution in [0.15, 0.2) is 0 Å². The van der Waals surface area contributed by atoms with E-state index in [0.29, 0.717) is 6.54 Å². The van der Waals surface area contributed by atoms with Gasteiger partial charge in [0.25, 0.3) is 0 Å². The smallest absolute Gasteiger partial charge is 0.407 e. The van der Waals surface area contributed by atoms with Crippen molar-refractivity contribution in [3.05, 3.63) is 0 Å². The highest BCUT2D eigenvalue weighted by Crippen LogP contribution is 2.13. The second-order valence-electron chi connectivity index (χ2n) is 3.82. The lowest BCUT2D eigenvalue weighted by Crippen LogP contribution is -2.42. The van der Waals surface area contributed by atoms with Crippen LogP contribution in [0.4, 0.5) is 4.79 Å². The molecule has 1 aliphatic heterocycles. The van der Waals surface area contributed by atoms with E-state index >= 15 is 0 Å². The van der Waals surface area contributed by atoms with Crippen LogP contribution in [-0.2, 0) is 14.3 Å². The van der Waals surface area contributed by atoms with Crippen LogP contribution in [0.5, 0.6) is 0 Å². The van der Waals surface area contributed by atoms with Crippen molar-refractivity contribution in [2.45, 2.75) is 25.4 Å². The summed E-state index contributed by atoms with van der Waals surface area (Å²) in [5.41, 5.74) is 0. The molecule has 0 radical (unpaired) electrons. The Morgan fingerprint density at radius 1 is 1.38 bits per heavy atom. The van der Waals surface area contributed by atoms with Crippen LogP contribution < -0.4 is 5.32 Å². The quantitative estimate of drug-likeness (QED) is 0.690. The number of carbonyl (C=O) groups is 2. The molecule has 1 saturated heterocycles. The van der Waals surface area contributed by atoms with E-state index in [0.717, 1.165) is 13.0 Å². The Hall–Kier alpha value is -1.30. The Morgan fingerprint density at radius 2 is 2.06 bits per heavy atom. The summed E-state index contributed by atoms with van der Waals surface area (Å²) in [6.45, 7) is 3.21. The van der Waals surface area contributed by atoms with Gasteiger partial charge in [-0.2, -0.15) is 0 Å². The van der Waals surface area contributed by atoms with Crippen molar-refractivity contribution in [3.63, 3.8) is 0 Å². The zero-order chi connectivity index (χ0) is 12.1. The minimum absolute atomic E-state index is 0.0413. The van der Waals surface area contributed by atoms with Crippen molar-refractivity contribution >= 4 is 12.1 Å². The monoisotopic (exact) mass is 230 g/mol. The van der Waals surface area contributed by atoms with Crippen molar-refractivity contribution < 1.29 is 19.1 Å². The van der Waals surface area contributed by atoms with E-state index in [9.17, 15) is 9.59 Å². The number of nitrogens with zero attached hydrogens (tertiary/aromatic N) is 1. The molecular formula is C10H18N2O4. The van der Waals surface area contributed by atoms with Gasteiger partial charge in [0.1, 0.15) is 6.04 Å². The van der Waals surface area contributed by atoms with Crippen molar-refractivity contribution in [1.29, 1.82) is 0 Å². The summed E-state index contributed by atoms with van der Waals surface area (Å²) in [6.07, 6.45) is 0.383. The number of hydrogen-bond donors (Lipinski definition) is 1. The molecule has 0 aromatic heterocycles. The first kappa shape index (κ1) is 12.8. The van der Waals surface area contributed by atoms with Gasteiger partial charge in [0.15, 0.2) is 0 Å². The molecule has 0 aromatic carbocycles. The molecule has 6 nitrogen and oxygen atoms in total. The van der Waals surface area contributed by atoms with Gasteiger partial charge < -0.3 is 14.8 Å². The second kappa shape index (κ2) is 5.69. The highest BCUT2D eigenvalue weighted by atomic mass is 16.5. The molecule has 6 heteroatoms. The number of hydrogen-bond acceptors (Lipinski definition) is 5. The van der Waals surface area contributed by atoms with Gasteiger partial charge in [-0.25, -0.2) is 4.79 Å². The lowest BCUT2D eigenvalue weighted by molar-refractivity contribution is -0.145. The molecule has 1 amide bonds. The number of carbonyl (C=O) groups excluding carboxylic acids is 2. The Kier molecular flexibility index (Phi) is 4.54. The average molecular weight is 230 g/mol. The molecule has 0 aromatic rings. The van der Waals surface area contributed by atoms with Gasteiger partial charge in [-0.1, -0.05) is 0 Å². The summed E-state index contributed by atoms with van der Waals surface area (Å²) in [4.78, 5) is 24.3. The fourth-order valence-corrected chi connectivity index (χ4v) is 1.80. The fraction of sp³-hybridized carbons (Fsp3) is 0.800. The molecule has 0 aliphatic carbocycles. The van der Waals surface area contributed by atoms with Gasteiger partial charge in [-0.3, -0.25) is 9.69 Å². The number of methoxy groups -OCH3 is 2. The third-order valence-electron chi connectivity index (χ3n) is 2.82. The predicted octanol–water partition coefficient (Wildman–Crippen LogP) is -0.0218. The summed E-state index contributed by atoms with van der Waals surface area (Å²) < 4.78 is 9.19. The van der Waals surface area contributed by atoms with Crippen molar-refractivity contribution in [2.24, 2.45) is 0 Å². The Balaban J connectivity index is 2.40. The Labute approximate surface area is 94.9 Å². The minimum atomic E-state index is -0.433. The van der Waals surface area contributed by atoms with Crippen LogP contribution in [0.3, 0.4) is 0 Å². The summed E-state index contributed by atoms with van der Waals surface area (Å²) in [7, 11) is 2.71. The van der Waals surface area contributed by atoms with Crippen LogP contribution in [0.25, 0.3) is 0 Å². The van der Waals surface area contributed by atoms with Crippen molar-refractivity contribution in [3.8, 4) is 0 Å². The molecule has 16 heavy (non-hydrogen) atoms. The molecule has 0 bridgehead atoms. The molecule has 2 atom stereocenters. The Bertz CT molecular complexity index is 270. The molecule has 1 N–H and O–H groups in total. The van der Waals surface area contributed by atoms with E-state index in [1.54, 1.807) is 6.92 Å².